The Bertz CT molecular complexity index is 1320. The summed E-state index contributed by atoms with van der Waals surface area (Å²) in [6.07, 6.45) is -4.62. The summed E-state index contributed by atoms with van der Waals surface area (Å²) in [4.78, 5) is 27.5. The van der Waals surface area contributed by atoms with E-state index >= 15 is 0 Å². The van der Waals surface area contributed by atoms with E-state index in [2.05, 4.69) is 5.32 Å². The fourth-order valence-electron chi connectivity index (χ4n) is 3.84. The number of alkyl halides is 3. The van der Waals surface area contributed by atoms with Gasteiger partial charge in [0.25, 0.3) is 11.8 Å². The number of amides is 2. The first-order chi connectivity index (χ1) is 16.3. The normalized spacial score (nSPS) is 15.7. The van der Waals surface area contributed by atoms with Gasteiger partial charge in [0.2, 0.25) is 0 Å². The molecule has 0 radical (unpaired) electrons. The van der Waals surface area contributed by atoms with Gasteiger partial charge >= 0.3 is 6.18 Å². The molecule has 0 aliphatic carbocycles. The molecule has 1 N–H and O–H groups in total. The largest absolute Gasteiger partial charge is 0.486 e. The molecule has 172 valence electrons. The maximum absolute atomic E-state index is 13.4. The predicted octanol–water partition coefficient (Wildman–Crippen LogP) is 4.87. The molecule has 0 saturated heterocycles. The van der Waals surface area contributed by atoms with Gasteiger partial charge in [-0.2, -0.15) is 13.2 Å². The number of carbonyl (C=O) groups is 2. The summed E-state index contributed by atoms with van der Waals surface area (Å²) in [5, 5.41) is 2.97. The third kappa shape index (κ3) is 3.85. The Kier molecular flexibility index (Phi) is 5.24. The fraction of sp³-hybridized carbons (Fsp3) is 0.120. The van der Waals surface area contributed by atoms with Gasteiger partial charge in [-0.05, 0) is 35.9 Å². The first kappa shape index (κ1) is 21.6. The minimum absolute atomic E-state index is 0.0507. The lowest BCUT2D eigenvalue weighted by Gasteiger charge is -2.19. The number of nitrogens with one attached hydrogen (secondary N) is 1. The van der Waals surface area contributed by atoms with Gasteiger partial charge in [-0.25, -0.2) is 4.90 Å². The van der Waals surface area contributed by atoms with Gasteiger partial charge in [0, 0.05) is 11.8 Å². The van der Waals surface area contributed by atoms with Crippen molar-refractivity contribution < 1.29 is 32.2 Å². The van der Waals surface area contributed by atoms with E-state index in [1.807, 2.05) is 0 Å². The van der Waals surface area contributed by atoms with Crippen molar-refractivity contribution in [3.8, 4) is 11.5 Å². The lowest BCUT2D eigenvalue weighted by atomic mass is 10.0. The summed E-state index contributed by atoms with van der Waals surface area (Å²) in [5.41, 5.74) is -0.212. The highest BCUT2D eigenvalue weighted by Crippen LogP contribution is 2.38. The van der Waals surface area contributed by atoms with Crippen molar-refractivity contribution in [1.29, 1.82) is 0 Å². The highest BCUT2D eigenvalue weighted by molar-refractivity contribution is 6.46. The molecule has 6 nitrogen and oxygen atoms in total. The molecule has 0 aromatic heterocycles. The van der Waals surface area contributed by atoms with Crippen LogP contribution in [0, 0.1) is 0 Å². The molecule has 0 atom stereocenters. The predicted molar refractivity (Wildman–Crippen MR) is 118 cm³/mol. The van der Waals surface area contributed by atoms with Crippen LogP contribution in [-0.2, 0) is 15.8 Å². The van der Waals surface area contributed by atoms with Crippen LogP contribution in [0.3, 0.4) is 0 Å². The van der Waals surface area contributed by atoms with Crippen molar-refractivity contribution in [1.82, 2.24) is 0 Å². The molecule has 0 fully saturated rings. The standard InChI is InChI=1S/C25H17F3N2O4/c26-25(27,28)16-7-4-8-18(13-16)30-23(31)21(15-5-2-1-3-6-15)22(24(30)32)29-17-9-10-19-20(14-17)34-12-11-33-19/h1-10,13-14,29H,11-12H2. The third-order valence-corrected chi connectivity index (χ3v) is 5.39. The maximum Gasteiger partial charge on any atom is 0.416 e. The van der Waals surface area contributed by atoms with Gasteiger partial charge in [0.05, 0.1) is 16.8 Å². The zero-order valence-electron chi connectivity index (χ0n) is 17.6. The van der Waals surface area contributed by atoms with Crippen molar-refractivity contribution in [2.24, 2.45) is 0 Å². The fourth-order valence-corrected chi connectivity index (χ4v) is 3.84. The van der Waals surface area contributed by atoms with Gasteiger partial charge in [0.15, 0.2) is 11.5 Å². The molecule has 2 amide bonds. The molecule has 5 rings (SSSR count). The zero-order chi connectivity index (χ0) is 23.9. The lowest BCUT2D eigenvalue weighted by Crippen LogP contribution is -2.32. The molecule has 2 heterocycles. The van der Waals surface area contributed by atoms with E-state index in [0.717, 1.165) is 23.1 Å². The van der Waals surface area contributed by atoms with Gasteiger partial charge in [-0.1, -0.05) is 36.4 Å². The number of nitrogens with zero attached hydrogens (tertiary/aromatic N) is 1. The van der Waals surface area contributed by atoms with Crippen LogP contribution in [-0.4, -0.2) is 25.0 Å². The molecule has 0 bridgehead atoms. The van der Waals surface area contributed by atoms with E-state index < -0.39 is 23.6 Å². The highest BCUT2D eigenvalue weighted by atomic mass is 19.4. The monoisotopic (exact) mass is 466 g/mol. The van der Waals surface area contributed by atoms with Crippen molar-refractivity contribution in [3.05, 3.63) is 89.6 Å². The Balaban J connectivity index is 1.57. The van der Waals surface area contributed by atoms with Crippen LogP contribution < -0.4 is 19.7 Å². The quantitative estimate of drug-likeness (QED) is 0.556. The molecule has 9 heteroatoms. The third-order valence-electron chi connectivity index (χ3n) is 5.39. The van der Waals surface area contributed by atoms with Crippen LogP contribution in [0.1, 0.15) is 11.1 Å². The van der Waals surface area contributed by atoms with Crippen molar-refractivity contribution in [3.63, 3.8) is 0 Å². The van der Waals surface area contributed by atoms with Crippen LogP contribution >= 0.6 is 0 Å². The Labute approximate surface area is 192 Å². The number of hydrogen-bond donors (Lipinski definition) is 1. The summed E-state index contributed by atoms with van der Waals surface area (Å²) in [6.45, 7) is 0.789. The topological polar surface area (TPSA) is 67.9 Å². The lowest BCUT2D eigenvalue weighted by molar-refractivity contribution is -0.137. The summed E-state index contributed by atoms with van der Waals surface area (Å²) in [7, 11) is 0. The van der Waals surface area contributed by atoms with E-state index in [1.165, 1.54) is 6.07 Å². The van der Waals surface area contributed by atoms with Crippen LogP contribution in [0.25, 0.3) is 5.57 Å². The Hall–Kier alpha value is -4.27. The number of imide groups is 1. The number of benzene rings is 3. The summed E-state index contributed by atoms with van der Waals surface area (Å²) >= 11 is 0. The van der Waals surface area contributed by atoms with Crippen LogP contribution in [0.15, 0.2) is 78.5 Å². The number of ether oxygens (including phenoxy) is 2. The average Bonchev–Trinajstić information content (AvgIpc) is 3.08. The molecule has 2 aliphatic heterocycles. The second-order valence-electron chi connectivity index (χ2n) is 7.59. The van der Waals surface area contributed by atoms with Gasteiger partial charge in [0.1, 0.15) is 18.9 Å². The van der Waals surface area contributed by atoms with E-state index in [-0.39, 0.29) is 17.0 Å². The van der Waals surface area contributed by atoms with E-state index in [9.17, 15) is 22.8 Å². The SMILES string of the molecule is O=C1C(Nc2ccc3c(c2)OCCO3)=C(c2ccccc2)C(=O)N1c1cccc(C(F)(F)F)c1. The van der Waals surface area contributed by atoms with E-state index in [0.29, 0.717) is 36.0 Å². The van der Waals surface area contributed by atoms with Crippen LogP contribution in [0.4, 0.5) is 24.5 Å². The van der Waals surface area contributed by atoms with E-state index in [4.69, 9.17) is 9.47 Å². The van der Waals surface area contributed by atoms with Crippen LogP contribution in [0.5, 0.6) is 11.5 Å². The summed E-state index contributed by atoms with van der Waals surface area (Å²) in [5.74, 6) is -0.466. The Morgan fingerprint density at radius 1 is 0.794 bits per heavy atom. The molecular weight excluding hydrogens is 449 g/mol. The molecule has 2 aliphatic rings. The summed E-state index contributed by atoms with van der Waals surface area (Å²) < 4.78 is 50.9. The zero-order valence-corrected chi connectivity index (χ0v) is 17.6. The second kappa shape index (κ2) is 8.26. The first-order valence-electron chi connectivity index (χ1n) is 10.4. The number of halogens is 3. The van der Waals surface area contributed by atoms with Gasteiger partial charge < -0.3 is 14.8 Å². The molecule has 34 heavy (non-hydrogen) atoms. The molecule has 3 aromatic carbocycles. The minimum Gasteiger partial charge on any atom is -0.486 e. The molecule has 0 spiro atoms. The second-order valence-corrected chi connectivity index (χ2v) is 7.59. The van der Waals surface area contributed by atoms with Crippen molar-refractivity contribution in [2.75, 3.05) is 23.4 Å². The number of anilines is 2. The number of carbonyl (C=O) groups excluding carboxylic acids is 2. The number of rotatable bonds is 4. The molecule has 3 aromatic rings. The Morgan fingerprint density at radius 3 is 2.26 bits per heavy atom. The van der Waals surface area contributed by atoms with Crippen molar-refractivity contribution in [2.45, 2.75) is 6.18 Å². The maximum atomic E-state index is 13.4. The first-order valence-corrected chi connectivity index (χ1v) is 10.4. The van der Waals surface area contributed by atoms with E-state index in [1.54, 1.807) is 48.5 Å². The smallest absolute Gasteiger partial charge is 0.416 e. The molecular formula is C25H17F3N2O4. The molecule has 0 unspecified atom stereocenters. The average molecular weight is 466 g/mol. The molecule has 0 saturated carbocycles. The van der Waals surface area contributed by atoms with Gasteiger partial charge in [-0.15, -0.1) is 0 Å². The van der Waals surface area contributed by atoms with Crippen LogP contribution in [0.2, 0.25) is 0 Å². The Morgan fingerprint density at radius 2 is 1.53 bits per heavy atom. The summed E-state index contributed by atoms with van der Waals surface area (Å²) in [6, 6.07) is 17.6. The minimum atomic E-state index is -4.62. The highest BCUT2D eigenvalue weighted by Gasteiger charge is 2.41. The van der Waals surface area contributed by atoms with Crippen molar-refractivity contribution >= 4 is 28.8 Å². The van der Waals surface area contributed by atoms with Gasteiger partial charge in [-0.3, -0.25) is 9.59 Å². The number of fused-ring (bicyclic) bond motifs is 1. The number of hydrogen-bond acceptors (Lipinski definition) is 5.